The van der Waals surface area contributed by atoms with Crippen molar-refractivity contribution in [3.63, 3.8) is 0 Å². The van der Waals surface area contributed by atoms with Crippen LogP contribution in [-0.4, -0.2) is 31.2 Å². The van der Waals surface area contributed by atoms with Crippen LogP contribution in [0.5, 0.6) is 0 Å². The fourth-order valence-corrected chi connectivity index (χ4v) is 4.75. The van der Waals surface area contributed by atoms with E-state index in [0.29, 0.717) is 26.4 Å². The number of furan rings is 1. The molecule has 0 spiro atoms. The van der Waals surface area contributed by atoms with Crippen LogP contribution in [0.25, 0.3) is 6.08 Å². The third kappa shape index (κ3) is 3.93. The van der Waals surface area contributed by atoms with Gasteiger partial charge in [-0.05, 0) is 50.6 Å². The van der Waals surface area contributed by atoms with Crippen LogP contribution in [0.2, 0.25) is 0 Å². The fourth-order valence-electron chi connectivity index (χ4n) is 3.72. The summed E-state index contributed by atoms with van der Waals surface area (Å²) >= 11 is 1.28. The smallest absolute Gasteiger partial charge is 0.338 e. The largest absolute Gasteiger partial charge is 0.463 e. The summed E-state index contributed by atoms with van der Waals surface area (Å²) in [7, 11) is 3.92. The lowest BCUT2D eigenvalue weighted by Gasteiger charge is -2.25. The molecule has 3 heterocycles. The van der Waals surface area contributed by atoms with Gasteiger partial charge in [0.15, 0.2) is 4.80 Å². The summed E-state index contributed by atoms with van der Waals surface area (Å²) in [5.74, 6) is 0.899. The summed E-state index contributed by atoms with van der Waals surface area (Å²) < 4.78 is 13.0. The molecule has 0 bridgehead atoms. The van der Waals surface area contributed by atoms with Crippen LogP contribution in [0.3, 0.4) is 0 Å². The zero-order chi connectivity index (χ0) is 23.0. The van der Waals surface area contributed by atoms with Crippen molar-refractivity contribution in [1.29, 1.82) is 0 Å². The SMILES string of the molecule is CCOC(=O)C1=C(C)N=c2sc(=Cc3ccc(C)o3)c(=O)n2C1c1ccc(N(C)C)cc1. The van der Waals surface area contributed by atoms with Crippen molar-refractivity contribution >= 4 is 29.1 Å². The number of ether oxygens (including phenoxy) is 1. The fraction of sp³-hybridized carbons (Fsp3) is 0.292. The average Bonchev–Trinajstić information content (AvgIpc) is 3.30. The molecule has 0 fully saturated rings. The molecule has 4 rings (SSSR count). The minimum Gasteiger partial charge on any atom is -0.463 e. The molecule has 1 atom stereocenters. The number of anilines is 1. The maximum atomic E-state index is 13.5. The molecule has 0 aliphatic carbocycles. The third-order valence-electron chi connectivity index (χ3n) is 5.28. The maximum Gasteiger partial charge on any atom is 0.338 e. The molecular weight excluding hydrogens is 426 g/mol. The predicted molar refractivity (Wildman–Crippen MR) is 125 cm³/mol. The Morgan fingerprint density at radius 2 is 1.94 bits per heavy atom. The highest BCUT2D eigenvalue weighted by molar-refractivity contribution is 7.07. The van der Waals surface area contributed by atoms with Gasteiger partial charge in [-0.15, -0.1) is 0 Å². The second-order valence-electron chi connectivity index (χ2n) is 7.74. The molecule has 0 saturated heterocycles. The van der Waals surface area contributed by atoms with E-state index in [1.165, 1.54) is 11.3 Å². The van der Waals surface area contributed by atoms with Gasteiger partial charge in [0, 0.05) is 25.9 Å². The van der Waals surface area contributed by atoms with Crippen molar-refractivity contribution in [2.75, 3.05) is 25.6 Å². The van der Waals surface area contributed by atoms with Crippen LogP contribution >= 0.6 is 11.3 Å². The van der Waals surface area contributed by atoms with Crippen LogP contribution in [0.15, 0.2) is 61.9 Å². The maximum absolute atomic E-state index is 13.5. The minimum atomic E-state index is -0.623. The van der Waals surface area contributed by atoms with Crippen LogP contribution in [0.1, 0.15) is 37.0 Å². The lowest BCUT2D eigenvalue weighted by Crippen LogP contribution is -2.39. The molecular formula is C24H25N3O4S. The van der Waals surface area contributed by atoms with E-state index >= 15 is 0 Å². The summed E-state index contributed by atoms with van der Waals surface area (Å²) in [6.07, 6.45) is 1.71. The zero-order valence-corrected chi connectivity index (χ0v) is 19.5. The van der Waals surface area contributed by atoms with Gasteiger partial charge in [-0.2, -0.15) is 0 Å². The van der Waals surface area contributed by atoms with E-state index in [2.05, 4.69) is 4.99 Å². The standard InChI is InChI=1S/C24H25N3O4S/c1-6-30-23(29)20-15(3)25-24-27(21(20)16-8-10-17(11-9-16)26(4)5)22(28)19(32-24)13-18-12-7-14(2)31-18/h7-13,21H,6H2,1-5H3. The van der Waals surface area contributed by atoms with E-state index in [9.17, 15) is 9.59 Å². The lowest BCUT2D eigenvalue weighted by molar-refractivity contribution is -0.139. The molecule has 1 unspecified atom stereocenters. The second kappa shape index (κ2) is 8.63. The van der Waals surface area contributed by atoms with Gasteiger partial charge in [0.2, 0.25) is 0 Å². The van der Waals surface area contributed by atoms with E-state index in [4.69, 9.17) is 9.15 Å². The highest BCUT2D eigenvalue weighted by Crippen LogP contribution is 2.31. The van der Waals surface area contributed by atoms with Crippen LogP contribution < -0.4 is 19.8 Å². The van der Waals surface area contributed by atoms with Crippen molar-refractivity contribution in [3.05, 3.63) is 84.4 Å². The number of thiazole rings is 1. The molecule has 0 saturated carbocycles. The molecule has 1 aromatic carbocycles. The van der Waals surface area contributed by atoms with Gasteiger partial charge in [0.1, 0.15) is 11.5 Å². The number of carbonyl (C=O) groups is 1. The molecule has 0 N–H and O–H groups in total. The first-order valence-corrected chi connectivity index (χ1v) is 11.1. The number of esters is 1. The van der Waals surface area contributed by atoms with E-state index < -0.39 is 12.0 Å². The van der Waals surface area contributed by atoms with Gasteiger partial charge in [-0.1, -0.05) is 23.5 Å². The first-order valence-electron chi connectivity index (χ1n) is 10.3. The van der Waals surface area contributed by atoms with Crippen molar-refractivity contribution in [2.24, 2.45) is 4.99 Å². The summed E-state index contributed by atoms with van der Waals surface area (Å²) in [6.45, 7) is 5.63. The lowest BCUT2D eigenvalue weighted by atomic mass is 9.95. The minimum absolute atomic E-state index is 0.223. The van der Waals surface area contributed by atoms with Crippen LogP contribution in [-0.2, 0) is 9.53 Å². The monoisotopic (exact) mass is 451 g/mol. The van der Waals surface area contributed by atoms with Crippen molar-refractivity contribution in [1.82, 2.24) is 4.57 Å². The summed E-state index contributed by atoms with van der Waals surface area (Å²) in [6, 6.07) is 10.9. The van der Waals surface area contributed by atoms with E-state index in [0.717, 1.165) is 17.0 Å². The predicted octanol–water partition coefficient (Wildman–Crippen LogP) is 2.77. The Bertz CT molecular complexity index is 1370. The normalized spacial score (nSPS) is 16.0. The molecule has 8 heteroatoms. The summed E-state index contributed by atoms with van der Waals surface area (Å²) in [5.41, 5.74) is 2.53. The Kier molecular flexibility index (Phi) is 5.88. The highest BCUT2D eigenvalue weighted by atomic mass is 32.1. The number of hydrogen-bond donors (Lipinski definition) is 0. The summed E-state index contributed by atoms with van der Waals surface area (Å²) in [5, 5.41) is 0. The van der Waals surface area contributed by atoms with Crippen molar-refractivity contribution in [3.8, 4) is 0 Å². The Hall–Kier alpha value is -3.39. The molecule has 7 nitrogen and oxygen atoms in total. The van der Waals surface area contributed by atoms with Crippen molar-refractivity contribution < 1.29 is 13.9 Å². The number of fused-ring (bicyclic) bond motifs is 1. The van der Waals surface area contributed by atoms with Gasteiger partial charge in [0.25, 0.3) is 5.56 Å². The number of aryl methyl sites for hydroxylation is 1. The number of carbonyl (C=O) groups excluding carboxylic acids is 1. The molecule has 0 radical (unpaired) electrons. The number of allylic oxidation sites excluding steroid dienone is 1. The van der Waals surface area contributed by atoms with Gasteiger partial charge in [-0.3, -0.25) is 9.36 Å². The quantitative estimate of drug-likeness (QED) is 0.558. The highest BCUT2D eigenvalue weighted by Gasteiger charge is 2.33. The average molecular weight is 452 g/mol. The first kappa shape index (κ1) is 21.8. The number of hydrogen-bond acceptors (Lipinski definition) is 7. The van der Waals surface area contributed by atoms with Crippen molar-refractivity contribution in [2.45, 2.75) is 26.8 Å². The van der Waals surface area contributed by atoms with E-state index in [-0.39, 0.29) is 12.2 Å². The zero-order valence-electron chi connectivity index (χ0n) is 18.7. The van der Waals surface area contributed by atoms with Gasteiger partial charge in [0.05, 0.1) is 28.5 Å². The molecule has 166 valence electrons. The molecule has 1 aliphatic heterocycles. The first-order chi connectivity index (χ1) is 15.3. The van der Waals surface area contributed by atoms with Gasteiger partial charge < -0.3 is 14.1 Å². The number of benzene rings is 1. The van der Waals surface area contributed by atoms with E-state index in [1.807, 2.05) is 62.3 Å². The molecule has 2 aromatic heterocycles. The third-order valence-corrected chi connectivity index (χ3v) is 6.26. The van der Waals surface area contributed by atoms with E-state index in [1.54, 1.807) is 24.5 Å². The number of rotatable bonds is 5. The van der Waals surface area contributed by atoms with Crippen LogP contribution in [0, 0.1) is 6.92 Å². The molecule has 32 heavy (non-hydrogen) atoms. The summed E-state index contributed by atoms with van der Waals surface area (Å²) in [4.78, 5) is 33.5. The Morgan fingerprint density at radius 1 is 1.22 bits per heavy atom. The Morgan fingerprint density at radius 3 is 2.53 bits per heavy atom. The molecule has 3 aromatic rings. The molecule has 1 aliphatic rings. The Balaban J connectivity index is 1.93. The second-order valence-corrected chi connectivity index (χ2v) is 8.75. The topological polar surface area (TPSA) is 77.0 Å². The number of aromatic nitrogens is 1. The number of nitrogens with zero attached hydrogens (tertiary/aromatic N) is 3. The van der Waals surface area contributed by atoms with Gasteiger partial charge in [-0.25, -0.2) is 9.79 Å². The Labute approximate surface area is 189 Å². The van der Waals surface area contributed by atoms with Gasteiger partial charge >= 0.3 is 5.97 Å². The van der Waals surface area contributed by atoms with Crippen LogP contribution in [0.4, 0.5) is 5.69 Å². The molecule has 0 amide bonds.